The first-order valence-corrected chi connectivity index (χ1v) is 13.9. The molecule has 1 fully saturated rings. The SMILES string of the molecule is O=C(/C=C/c1ccc2c(c1)CC=C2)CC(=O)/C=C/c1ccc(OCc2ccccn2)cc1OCCN1CCOCC1. The lowest BCUT2D eigenvalue weighted by Crippen LogP contribution is -2.38. The van der Waals surface area contributed by atoms with Gasteiger partial charge in [0.05, 0.1) is 25.3 Å². The summed E-state index contributed by atoms with van der Waals surface area (Å²) in [5, 5.41) is 0. The second-order valence-electron chi connectivity index (χ2n) is 9.95. The van der Waals surface area contributed by atoms with E-state index in [2.05, 4.69) is 28.1 Å². The predicted molar refractivity (Wildman–Crippen MR) is 160 cm³/mol. The largest absolute Gasteiger partial charge is 0.491 e. The number of allylic oxidation sites excluding steroid dienone is 3. The molecule has 2 aromatic carbocycles. The summed E-state index contributed by atoms with van der Waals surface area (Å²) in [4.78, 5) is 31.6. The molecule has 0 amide bonds. The van der Waals surface area contributed by atoms with Crippen LogP contribution >= 0.6 is 0 Å². The highest BCUT2D eigenvalue weighted by Crippen LogP contribution is 2.27. The van der Waals surface area contributed by atoms with Crippen molar-refractivity contribution in [2.75, 3.05) is 39.5 Å². The van der Waals surface area contributed by atoms with Gasteiger partial charge in [0.2, 0.25) is 0 Å². The van der Waals surface area contributed by atoms with Crippen LogP contribution in [0.1, 0.15) is 34.4 Å². The van der Waals surface area contributed by atoms with Crippen molar-refractivity contribution in [3.05, 3.63) is 107 Å². The summed E-state index contributed by atoms with van der Waals surface area (Å²) in [7, 11) is 0. The summed E-state index contributed by atoms with van der Waals surface area (Å²) < 4.78 is 17.5. The predicted octanol–water partition coefficient (Wildman–Crippen LogP) is 5.20. The van der Waals surface area contributed by atoms with Crippen molar-refractivity contribution in [3.8, 4) is 11.5 Å². The van der Waals surface area contributed by atoms with E-state index in [0.29, 0.717) is 24.7 Å². The Kier molecular flexibility index (Phi) is 9.87. The zero-order valence-corrected chi connectivity index (χ0v) is 23.0. The highest BCUT2D eigenvalue weighted by Gasteiger charge is 2.12. The lowest BCUT2D eigenvalue weighted by atomic mass is 10.0. The molecule has 0 saturated carbocycles. The third kappa shape index (κ3) is 8.58. The van der Waals surface area contributed by atoms with Crippen molar-refractivity contribution >= 4 is 29.8 Å². The maximum Gasteiger partial charge on any atom is 0.163 e. The van der Waals surface area contributed by atoms with E-state index in [4.69, 9.17) is 14.2 Å². The van der Waals surface area contributed by atoms with Gasteiger partial charge in [0.15, 0.2) is 11.6 Å². The van der Waals surface area contributed by atoms with Crippen molar-refractivity contribution in [3.63, 3.8) is 0 Å². The van der Waals surface area contributed by atoms with Crippen LogP contribution in [0, 0.1) is 0 Å². The lowest BCUT2D eigenvalue weighted by Gasteiger charge is -2.26. The van der Waals surface area contributed by atoms with Gasteiger partial charge in [-0.15, -0.1) is 0 Å². The molecule has 5 rings (SSSR count). The molecule has 7 heteroatoms. The number of ketones is 2. The number of benzene rings is 2. The van der Waals surface area contributed by atoms with Crippen molar-refractivity contribution in [2.45, 2.75) is 19.4 Å². The van der Waals surface area contributed by atoms with Crippen LogP contribution in [-0.4, -0.2) is 60.9 Å². The lowest BCUT2D eigenvalue weighted by molar-refractivity contribution is -0.121. The minimum absolute atomic E-state index is 0.196. The van der Waals surface area contributed by atoms with Crippen LogP contribution in [0.3, 0.4) is 0 Å². The number of aromatic nitrogens is 1. The zero-order valence-electron chi connectivity index (χ0n) is 23.0. The van der Waals surface area contributed by atoms with Gasteiger partial charge in [0.25, 0.3) is 0 Å². The van der Waals surface area contributed by atoms with Crippen LogP contribution in [0.4, 0.5) is 0 Å². The molecule has 41 heavy (non-hydrogen) atoms. The molecule has 0 unspecified atom stereocenters. The molecule has 2 aliphatic rings. The Hall–Kier alpha value is -4.33. The fourth-order valence-electron chi connectivity index (χ4n) is 4.66. The molecule has 1 aliphatic carbocycles. The molecule has 0 N–H and O–H groups in total. The van der Waals surface area contributed by atoms with Crippen LogP contribution in [0.25, 0.3) is 18.2 Å². The smallest absolute Gasteiger partial charge is 0.163 e. The monoisotopic (exact) mass is 550 g/mol. The Balaban J connectivity index is 1.20. The zero-order chi connectivity index (χ0) is 28.3. The number of carbonyl (C=O) groups is 2. The van der Waals surface area contributed by atoms with Crippen LogP contribution < -0.4 is 9.47 Å². The first-order valence-electron chi connectivity index (χ1n) is 13.9. The highest BCUT2D eigenvalue weighted by atomic mass is 16.5. The Morgan fingerprint density at radius 3 is 2.63 bits per heavy atom. The van der Waals surface area contributed by atoms with E-state index >= 15 is 0 Å². The number of ether oxygens (including phenoxy) is 3. The van der Waals surface area contributed by atoms with E-state index in [1.54, 1.807) is 18.3 Å². The maximum atomic E-state index is 12.6. The van der Waals surface area contributed by atoms with E-state index in [0.717, 1.165) is 56.1 Å². The van der Waals surface area contributed by atoms with Gasteiger partial charge in [-0.1, -0.05) is 42.5 Å². The number of carbonyl (C=O) groups excluding carboxylic acids is 2. The Labute approximate surface area is 240 Å². The van der Waals surface area contributed by atoms with Crippen molar-refractivity contribution < 1.29 is 23.8 Å². The topological polar surface area (TPSA) is 78.0 Å². The Bertz CT molecular complexity index is 1440. The van der Waals surface area contributed by atoms with E-state index in [1.165, 1.54) is 23.3 Å². The van der Waals surface area contributed by atoms with Gasteiger partial charge in [-0.05, 0) is 65.6 Å². The van der Waals surface area contributed by atoms with E-state index in [9.17, 15) is 9.59 Å². The summed E-state index contributed by atoms with van der Waals surface area (Å²) in [5.41, 5.74) is 4.97. The number of rotatable bonds is 13. The number of hydrogen-bond donors (Lipinski definition) is 0. The quantitative estimate of drug-likeness (QED) is 0.214. The van der Waals surface area contributed by atoms with Crippen LogP contribution in [0.15, 0.2) is 79.0 Å². The maximum absolute atomic E-state index is 12.6. The molecule has 1 saturated heterocycles. The average Bonchev–Trinajstić information content (AvgIpc) is 3.48. The Morgan fingerprint density at radius 2 is 1.80 bits per heavy atom. The van der Waals surface area contributed by atoms with E-state index < -0.39 is 0 Å². The molecule has 7 nitrogen and oxygen atoms in total. The summed E-state index contributed by atoms with van der Waals surface area (Å²) in [6.45, 7) is 4.80. The fraction of sp³-hybridized carbons (Fsp3) is 0.265. The van der Waals surface area contributed by atoms with Crippen molar-refractivity contribution in [2.24, 2.45) is 0 Å². The number of pyridine rings is 1. The van der Waals surface area contributed by atoms with Gasteiger partial charge < -0.3 is 14.2 Å². The standard InChI is InChI=1S/C34H34N2O5/c37-31(12-8-26-7-9-27-4-3-5-29(27)22-26)23-32(38)13-10-28-11-14-33(41-25-30-6-1-2-15-35-30)24-34(28)40-21-18-36-16-19-39-20-17-36/h1-4,6-15,22,24H,5,16-21,23,25H2/b12-8+,13-10+. The van der Waals surface area contributed by atoms with Crippen LogP contribution in [0.2, 0.25) is 0 Å². The Morgan fingerprint density at radius 1 is 0.951 bits per heavy atom. The summed E-state index contributed by atoms with van der Waals surface area (Å²) in [5.74, 6) is 0.743. The van der Waals surface area contributed by atoms with E-state index in [-0.39, 0.29) is 18.0 Å². The number of morpholine rings is 1. The van der Waals surface area contributed by atoms with Crippen LogP contribution in [-0.2, 0) is 27.4 Å². The summed E-state index contributed by atoms with van der Waals surface area (Å²) >= 11 is 0. The van der Waals surface area contributed by atoms with Gasteiger partial charge in [0, 0.05) is 37.5 Å². The van der Waals surface area contributed by atoms with Crippen molar-refractivity contribution in [1.29, 1.82) is 0 Å². The molecule has 0 atom stereocenters. The first kappa shape index (κ1) is 28.2. The minimum atomic E-state index is -0.271. The second-order valence-corrected chi connectivity index (χ2v) is 9.95. The molecule has 0 bridgehead atoms. The second kappa shape index (κ2) is 14.3. The number of nitrogens with zero attached hydrogens (tertiary/aromatic N) is 2. The highest BCUT2D eigenvalue weighted by molar-refractivity contribution is 6.11. The number of hydrogen-bond acceptors (Lipinski definition) is 7. The molecule has 210 valence electrons. The first-order chi connectivity index (χ1) is 20.1. The van der Waals surface area contributed by atoms with Gasteiger partial charge in [-0.2, -0.15) is 0 Å². The molecule has 2 heterocycles. The average molecular weight is 551 g/mol. The van der Waals surface area contributed by atoms with Gasteiger partial charge in [-0.25, -0.2) is 0 Å². The fourth-order valence-corrected chi connectivity index (χ4v) is 4.66. The molecule has 1 aromatic heterocycles. The van der Waals surface area contributed by atoms with E-state index in [1.807, 2.05) is 48.5 Å². The molecule has 0 spiro atoms. The molecular formula is C34H34N2O5. The van der Waals surface area contributed by atoms with Crippen LogP contribution in [0.5, 0.6) is 11.5 Å². The third-order valence-electron chi connectivity index (χ3n) is 6.93. The summed E-state index contributed by atoms with van der Waals surface area (Å²) in [6.07, 6.45) is 13.0. The van der Waals surface area contributed by atoms with Gasteiger partial charge in [-0.3, -0.25) is 19.5 Å². The molecule has 3 aromatic rings. The third-order valence-corrected chi connectivity index (χ3v) is 6.93. The van der Waals surface area contributed by atoms with Gasteiger partial charge >= 0.3 is 0 Å². The molecule has 0 radical (unpaired) electrons. The minimum Gasteiger partial charge on any atom is -0.491 e. The van der Waals surface area contributed by atoms with Gasteiger partial charge in [0.1, 0.15) is 24.7 Å². The summed E-state index contributed by atoms with van der Waals surface area (Å²) in [6, 6.07) is 17.3. The molecule has 1 aliphatic heterocycles. The van der Waals surface area contributed by atoms with Crippen molar-refractivity contribution in [1.82, 2.24) is 9.88 Å². The molecular weight excluding hydrogens is 516 g/mol. The number of fused-ring (bicyclic) bond motifs is 1. The normalized spacial score (nSPS) is 14.9.